The smallest absolute Gasteiger partial charge is 0.155 e. The van der Waals surface area contributed by atoms with E-state index in [4.69, 9.17) is 20.4 Å². The molecular weight excluding hydrogens is 547 g/mol. The molecule has 0 aliphatic rings. The first-order chi connectivity index (χ1) is 12.5. The van der Waals surface area contributed by atoms with Gasteiger partial charge in [-0.25, -0.2) is 0 Å². The Labute approximate surface area is 191 Å². The van der Waals surface area contributed by atoms with Crippen LogP contribution in [0.25, 0.3) is 0 Å². The molecule has 4 N–H and O–H groups in total. The van der Waals surface area contributed by atoms with E-state index in [1.807, 2.05) is 0 Å². The van der Waals surface area contributed by atoms with E-state index in [9.17, 15) is 19.2 Å². The van der Waals surface area contributed by atoms with Crippen molar-refractivity contribution in [2.24, 2.45) is 0 Å². The Morgan fingerprint density at radius 3 is 0.517 bits per heavy atom. The molecule has 0 saturated carbocycles. The zero-order valence-corrected chi connectivity index (χ0v) is 21.8. The summed E-state index contributed by atoms with van der Waals surface area (Å²) in [5.74, 6) is -0.250. The first-order valence-electron chi connectivity index (χ1n) is 8.02. The first kappa shape index (κ1) is 37.5. The minimum Gasteiger partial charge on any atom is -0.512 e. The van der Waals surface area contributed by atoms with Crippen LogP contribution in [0.2, 0.25) is 0 Å². The van der Waals surface area contributed by atoms with Gasteiger partial charge in [0.25, 0.3) is 0 Å². The van der Waals surface area contributed by atoms with Gasteiger partial charge in [-0.2, -0.15) is 0 Å². The van der Waals surface area contributed by atoms with Gasteiger partial charge < -0.3 is 20.4 Å². The van der Waals surface area contributed by atoms with E-state index in [-0.39, 0.29) is 72.0 Å². The molecule has 0 heterocycles. The normalized spacial score (nSPS) is 11.0. The molecule has 164 valence electrons. The van der Waals surface area contributed by atoms with Crippen LogP contribution in [-0.2, 0) is 45.0 Å². The number of aliphatic hydroxyl groups is 4. The standard InChI is InChI=1S/4C5H8O2.Hf/c4*1-4(6)3-5(2)7;/h4*3,6H,1-2H3;. The second-order valence-corrected chi connectivity index (χ2v) is 5.59. The number of carbonyl (C=O) groups excluding carboxylic acids is 4. The zero-order valence-electron chi connectivity index (χ0n) is 18.2. The molecule has 0 bridgehead atoms. The van der Waals surface area contributed by atoms with Crippen LogP contribution in [0.4, 0.5) is 0 Å². The summed E-state index contributed by atoms with van der Waals surface area (Å²) in [4.78, 5) is 40.1. The molecule has 9 heteroatoms. The van der Waals surface area contributed by atoms with Gasteiger partial charge in [0, 0.05) is 50.1 Å². The van der Waals surface area contributed by atoms with Crippen molar-refractivity contribution < 1.29 is 65.4 Å². The molecule has 29 heavy (non-hydrogen) atoms. The van der Waals surface area contributed by atoms with Crippen molar-refractivity contribution in [2.45, 2.75) is 55.4 Å². The minimum atomic E-state index is -0.125. The molecule has 0 spiro atoms. The Balaban J connectivity index is -0.0000000873. The van der Waals surface area contributed by atoms with E-state index in [2.05, 4.69) is 0 Å². The average Bonchev–Trinajstić information content (AvgIpc) is 2.32. The third kappa shape index (κ3) is 76.9. The maximum atomic E-state index is 10.0. The van der Waals surface area contributed by atoms with Gasteiger partial charge in [-0.1, -0.05) is 0 Å². The van der Waals surface area contributed by atoms with Gasteiger partial charge in [-0.3, -0.25) is 19.2 Å². The molecule has 0 fully saturated rings. The molecule has 0 amide bonds. The average molecular weight is 579 g/mol. The van der Waals surface area contributed by atoms with E-state index in [0.717, 1.165) is 0 Å². The van der Waals surface area contributed by atoms with Gasteiger partial charge in [0.05, 0.1) is 23.0 Å². The fraction of sp³-hybridized carbons (Fsp3) is 0.400. The van der Waals surface area contributed by atoms with Crippen LogP contribution in [0.5, 0.6) is 0 Å². The number of hydrogen-bond acceptors (Lipinski definition) is 8. The number of aliphatic hydroxyl groups excluding tert-OH is 4. The third-order valence-electron chi connectivity index (χ3n) is 1.65. The molecule has 0 aliphatic heterocycles. The van der Waals surface area contributed by atoms with Gasteiger partial charge >= 0.3 is 0 Å². The maximum Gasteiger partial charge on any atom is 0.155 e. The summed E-state index contributed by atoms with van der Waals surface area (Å²) in [6, 6.07) is 0. The molecule has 0 atom stereocenters. The van der Waals surface area contributed by atoms with Gasteiger partial charge in [-0.15, -0.1) is 0 Å². The summed E-state index contributed by atoms with van der Waals surface area (Å²) < 4.78 is 0. The summed E-state index contributed by atoms with van der Waals surface area (Å²) in [6.07, 6.45) is 4.67. The summed E-state index contributed by atoms with van der Waals surface area (Å²) in [5.41, 5.74) is 0. The molecule has 0 unspecified atom stereocenters. The Morgan fingerprint density at radius 2 is 0.517 bits per heavy atom. The van der Waals surface area contributed by atoms with Crippen molar-refractivity contribution in [1.82, 2.24) is 0 Å². The first-order valence-corrected chi connectivity index (χ1v) is 8.02. The molecule has 0 saturated heterocycles. The summed E-state index contributed by atoms with van der Waals surface area (Å²) in [5, 5.41) is 33.5. The van der Waals surface area contributed by atoms with Crippen LogP contribution in [0, 0.1) is 0 Å². The van der Waals surface area contributed by atoms with Crippen LogP contribution in [0.1, 0.15) is 55.4 Å². The second kappa shape index (κ2) is 23.7. The topological polar surface area (TPSA) is 149 Å². The predicted molar refractivity (Wildman–Crippen MR) is 108 cm³/mol. The molecule has 0 aromatic heterocycles. The fourth-order valence-electron chi connectivity index (χ4n) is 1.18. The van der Waals surface area contributed by atoms with Crippen molar-refractivity contribution >= 4 is 23.1 Å². The number of allylic oxidation sites excluding steroid dienone is 8. The summed E-state index contributed by atoms with van der Waals surface area (Å²) >= 11 is 0. The van der Waals surface area contributed by atoms with Gasteiger partial charge in [0.2, 0.25) is 0 Å². The molecule has 0 rings (SSSR count). The van der Waals surface area contributed by atoms with E-state index < -0.39 is 0 Å². The molecule has 0 aromatic rings. The summed E-state index contributed by atoms with van der Waals surface area (Å²) in [7, 11) is 0. The number of ketones is 4. The predicted octanol–water partition coefficient (Wildman–Crippen LogP) is 4.15. The monoisotopic (exact) mass is 580 g/mol. The van der Waals surface area contributed by atoms with Crippen molar-refractivity contribution in [3.05, 3.63) is 47.3 Å². The second-order valence-electron chi connectivity index (χ2n) is 5.59. The van der Waals surface area contributed by atoms with Crippen LogP contribution < -0.4 is 0 Å². The van der Waals surface area contributed by atoms with Crippen molar-refractivity contribution in [3.63, 3.8) is 0 Å². The maximum absolute atomic E-state index is 10.0. The van der Waals surface area contributed by atoms with E-state index in [1.54, 1.807) is 0 Å². The molecule has 0 aliphatic carbocycles. The van der Waals surface area contributed by atoms with Crippen molar-refractivity contribution in [3.8, 4) is 0 Å². The number of carbonyl (C=O) groups is 4. The Kier molecular flexibility index (Phi) is 30.7. The van der Waals surface area contributed by atoms with Crippen molar-refractivity contribution in [2.75, 3.05) is 0 Å². The molecular formula is C20H32HfO8. The van der Waals surface area contributed by atoms with Gasteiger partial charge in [0.1, 0.15) is 0 Å². The largest absolute Gasteiger partial charge is 0.512 e. The Bertz CT molecular complexity index is 513. The van der Waals surface area contributed by atoms with E-state index >= 15 is 0 Å². The van der Waals surface area contributed by atoms with Gasteiger partial charge in [-0.05, 0) is 55.4 Å². The zero-order chi connectivity index (χ0) is 23.4. The fourth-order valence-corrected chi connectivity index (χ4v) is 1.18. The molecule has 8 nitrogen and oxygen atoms in total. The SMILES string of the molecule is CC(=O)C=C(C)O.CC(=O)C=C(C)O.CC(=O)C=C(C)O.CC(=O)C=C(C)O.[Hf]. The van der Waals surface area contributed by atoms with Crippen molar-refractivity contribution in [1.29, 1.82) is 0 Å². The summed E-state index contributed by atoms with van der Waals surface area (Å²) in [6.45, 7) is 11.4. The number of hydrogen-bond donors (Lipinski definition) is 4. The Morgan fingerprint density at radius 1 is 0.414 bits per heavy atom. The quantitative estimate of drug-likeness (QED) is 0.221. The van der Waals surface area contributed by atoms with Crippen LogP contribution in [0.3, 0.4) is 0 Å². The minimum absolute atomic E-state index is 0. The van der Waals surface area contributed by atoms with Crippen LogP contribution >= 0.6 is 0 Å². The molecule has 0 radical (unpaired) electrons. The van der Waals surface area contributed by atoms with E-state index in [0.29, 0.717) is 0 Å². The van der Waals surface area contributed by atoms with E-state index in [1.165, 1.54) is 79.7 Å². The molecule has 0 aromatic carbocycles. The van der Waals surface area contributed by atoms with Crippen LogP contribution in [-0.4, -0.2) is 43.6 Å². The van der Waals surface area contributed by atoms with Gasteiger partial charge in [0.15, 0.2) is 23.1 Å². The Hall–Kier alpha value is -2.29. The van der Waals surface area contributed by atoms with Crippen LogP contribution in [0.15, 0.2) is 47.3 Å². The third-order valence-corrected chi connectivity index (χ3v) is 1.65. The number of rotatable bonds is 4.